The number of pyridine rings is 1. The average molecular weight is 287 g/mol. The molecular formula is C14H10FN3O3. The Morgan fingerprint density at radius 3 is 2.86 bits per heavy atom. The van der Waals surface area contributed by atoms with Crippen molar-refractivity contribution < 1.29 is 13.6 Å². The number of hydrogen-bond donors (Lipinski definition) is 1. The van der Waals surface area contributed by atoms with Gasteiger partial charge >= 0.3 is 5.76 Å². The van der Waals surface area contributed by atoms with Crippen LogP contribution in [0.2, 0.25) is 0 Å². The van der Waals surface area contributed by atoms with Crippen molar-refractivity contribution in [1.29, 1.82) is 0 Å². The Hall–Kier alpha value is -2.80. The summed E-state index contributed by atoms with van der Waals surface area (Å²) < 4.78 is 17.7. The molecule has 3 aromatic rings. The molecule has 0 amide bonds. The van der Waals surface area contributed by atoms with Crippen LogP contribution in [0.3, 0.4) is 0 Å². The molecule has 106 valence electrons. The molecule has 0 fully saturated rings. The minimum absolute atomic E-state index is 0.170. The van der Waals surface area contributed by atoms with Crippen molar-refractivity contribution in [2.45, 2.75) is 6.61 Å². The zero-order valence-electron chi connectivity index (χ0n) is 10.7. The molecular weight excluding hydrogens is 277 g/mol. The molecule has 0 aliphatic rings. The van der Waals surface area contributed by atoms with Crippen LogP contribution in [0.4, 0.5) is 10.2 Å². The third-order valence-electron chi connectivity index (χ3n) is 2.72. The van der Waals surface area contributed by atoms with Crippen molar-refractivity contribution in [2.24, 2.45) is 0 Å². The first-order valence-corrected chi connectivity index (χ1v) is 6.10. The predicted octanol–water partition coefficient (Wildman–Crippen LogP) is 2.27. The van der Waals surface area contributed by atoms with Crippen molar-refractivity contribution in [3.63, 3.8) is 0 Å². The number of fused-ring (bicyclic) bond motifs is 1. The number of rotatable bonds is 4. The molecule has 1 aromatic carbocycles. The third-order valence-corrected chi connectivity index (χ3v) is 2.72. The number of nitrogens with zero attached hydrogens (tertiary/aromatic N) is 2. The average Bonchev–Trinajstić information content (AvgIpc) is 2.49. The largest absolute Gasteiger partial charge is 0.441 e. The highest BCUT2D eigenvalue weighted by Crippen LogP contribution is 2.16. The van der Waals surface area contributed by atoms with Gasteiger partial charge < -0.3 is 4.42 Å². The fourth-order valence-corrected chi connectivity index (χ4v) is 1.75. The Labute approximate surface area is 118 Å². The molecule has 0 aliphatic heterocycles. The third kappa shape index (κ3) is 3.03. The number of anilines is 1. The summed E-state index contributed by atoms with van der Waals surface area (Å²) in [6.07, 6.45) is 1.55. The van der Waals surface area contributed by atoms with E-state index in [1.807, 2.05) is 0 Å². The number of halogens is 1. The van der Waals surface area contributed by atoms with Gasteiger partial charge in [0.25, 0.3) is 0 Å². The predicted molar refractivity (Wildman–Crippen MR) is 72.9 cm³/mol. The topological polar surface area (TPSA) is 77.2 Å². The van der Waals surface area contributed by atoms with Gasteiger partial charge in [-0.2, -0.15) is 4.98 Å². The lowest BCUT2D eigenvalue weighted by atomic mass is 10.2. The standard InChI is InChI=1S/C14H10FN3O3/c15-10-5-3-9(4-6-10)8-20-18-13-12-11(2-1-7-16-12)21-14(19)17-13/h1-7H,8H2,(H,17,18,19). The Bertz CT molecular complexity index is 818. The van der Waals surface area contributed by atoms with Crippen LogP contribution in [0, 0.1) is 5.82 Å². The van der Waals surface area contributed by atoms with E-state index in [4.69, 9.17) is 9.25 Å². The van der Waals surface area contributed by atoms with Gasteiger partial charge in [0.15, 0.2) is 16.9 Å². The van der Waals surface area contributed by atoms with Gasteiger partial charge in [0.2, 0.25) is 0 Å². The first kappa shape index (κ1) is 13.2. The maximum Gasteiger partial charge on any atom is 0.441 e. The van der Waals surface area contributed by atoms with Crippen molar-refractivity contribution in [2.75, 3.05) is 5.48 Å². The van der Waals surface area contributed by atoms with Crippen molar-refractivity contribution >= 4 is 16.9 Å². The molecule has 0 aliphatic carbocycles. The second kappa shape index (κ2) is 5.68. The van der Waals surface area contributed by atoms with E-state index in [0.29, 0.717) is 11.1 Å². The zero-order valence-corrected chi connectivity index (χ0v) is 10.7. The molecule has 0 saturated heterocycles. The molecule has 1 N–H and O–H groups in total. The lowest BCUT2D eigenvalue weighted by Gasteiger charge is -2.07. The van der Waals surface area contributed by atoms with E-state index >= 15 is 0 Å². The van der Waals surface area contributed by atoms with Gasteiger partial charge in [-0.15, -0.1) is 0 Å². The summed E-state index contributed by atoms with van der Waals surface area (Å²) in [5.74, 6) is -0.892. The summed E-state index contributed by atoms with van der Waals surface area (Å²) in [6, 6.07) is 9.13. The second-order valence-electron chi connectivity index (χ2n) is 4.20. The summed E-state index contributed by atoms with van der Waals surface area (Å²) in [4.78, 5) is 24.3. The Morgan fingerprint density at radius 1 is 1.24 bits per heavy atom. The summed E-state index contributed by atoms with van der Waals surface area (Å²) in [7, 11) is 0. The quantitative estimate of drug-likeness (QED) is 0.742. The molecule has 21 heavy (non-hydrogen) atoms. The maximum atomic E-state index is 12.8. The van der Waals surface area contributed by atoms with Crippen LogP contribution in [0.25, 0.3) is 11.1 Å². The maximum absolute atomic E-state index is 12.8. The molecule has 0 spiro atoms. The molecule has 0 unspecified atom stereocenters. The van der Waals surface area contributed by atoms with Crippen LogP contribution in [0.1, 0.15) is 5.56 Å². The molecule has 7 heteroatoms. The minimum atomic E-state index is -0.747. The fourth-order valence-electron chi connectivity index (χ4n) is 1.75. The van der Waals surface area contributed by atoms with Gasteiger partial charge in [-0.3, -0.25) is 4.84 Å². The van der Waals surface area contributed by atoms with Gasteiger partial charge in [-0.1, -0.05) is 12.1 Å². The molecule has 3 rings (SSSR count). The molecule has 0 atom stereocenters. The van der Waals surface area contributed by atoms with Gasteiger partial charge in [0.1, 0.15) is 5.82 Å². The SMILES string of the molecule is O=c1nc(NOCc2ccc(F)cc2)c2ncccc2o1. The summed E-state index contributed by atoms with van der Waals surface area (Å²) in [6.45, 7) is 0.177. The van der Waals surface area contributed by atoms with E-state index < -0.39 is 5.76 Å². The molecule has 0 radical (unpaired) electrons. The number of aromatic nitrogens is 2. The first-order chi connectivity index (χ1) is 10.2. The molecule has 0 bridgehead atoms. The monoisotopic (exact) mass is 287 g/mol. The van der Waals surface area contributed by atoms with E-state index in [0.717, 1.165) is 5.56 Å². The minimum Gasteiger partial charge on any atom is -0.406 e. The van der Waals surface area contributed by atoms with Gasteiger partial charge in [0, 0.05) is 6.20 Å². The van der Waals surface area contributed by atoms with Gasteiger partial charge in [-0.25, -0.2) is 19.6 Å². The highest BCUT2D eigenvalue weighted by molar-refractivity contribution is 5.82. The van der Waals surface area contributed by atoms with Crippen molar-refractivity contribution in [1.82, 2.24) is 9.97 Å². The molecule has 6 nitrogen and oxygen atoms in total. The lowest BCUT2D eigenvalue weighted by Crippen LogP contribution is -2.11. The summed E-state index contributed by atoms with van der Waals surface area (Å²) in [5.41, 5.74) is 4.03. The van der Waals surface area contributed by atoms with E-state index in [9.17, 15) is 9.18 Å². The smallest absolute Gasteiger partial charge is 0.406 e. The van der Waals surface area contributed by atoms with E-state index in [1.165, 1.54) is 12.1 Å². The van der Waals surface area contributed by atoms with Crippen LogP contribution >= 0.6 is 0 Å². The Morgan fingerprint density at radius 2 is 2.05 bits per heavy atom. The van der Waals surface area contributed by atoms with Crippen LogP contribution in [0.5, 0.6) is 0 Å². The van der Waals surface area contributed by atoms with E-state index in [-0.39, 0.29) is 18.2 Å². The van der Waals surface area contributed by atoms with Gasteiger partial charge in [-0.05, 0) is 29.8 Å². The molecule has 0 saturated carbocycles. The summed E-state index contributed by atoms with van der Waals surface area (Å²) in [5, 5.41) is 0. The fraction of sp³-hybridized carbons (Fsp3) is 0.0714. The molecule has 2 heterocycles. The van der Waals surface area contributed by atoms with Gasteiger partial charge in [0.05, 0.1) is 6.61 Å². The van der Waals surface area contributed by atoms with Crippen LogP contribution in [-0.2, 0) is 11.4 Å². The Balaban J connectivity index is 1.76. The number of nitrogens with one attached hydrogen (secondary N) is 1. The molecule has 2 aromatic heterocycles. The van der Waals surface area contributed by atoms with Crippen molar-refractivity contribution in [3.05, 3.63) is 64.5 Å². The highest BCUT2D eigenvalue weighted by Gasteiger charge is 2.07. The number of benzene rings is 1. The van der Waals surface area contributed by atoms with Crippen LogP contribution in [-0.4, -0.2) is 9.97 Å². The first-order valence-electron chi connectivity index (χ1n) is 6.10. The van der Waals surface area contributed by atoms with E-state index in [2.05, 4.69) is 15.4 Å². The lowest BCUT2D eigenvalue weighted by molar-refractivity contribution is 0.179. The van der Waals surface area contributed by atoms with E-state index in [1.54, 1.807) is 30.5 Å². The highest BCUT2D eigenvalue weighted by atomic mass is 19.1. The normalized spacial score (nSPS) is 10.7. The van der Waals surface area contributed by atoms with Crippen LogP contribution in [0.15, 0.2) is 51.8 Å². The summed E-state index contributed by atoms with van der Waals surface area (Å²) >= 11 is 0. The Kier molecular flexibility index (Phi) is 3.57. The number of hydrogen-bond acceptors (Lipinski definition) is 6. The zero-order chi connectivity index (χ0) is 14.7. The van der Waals surface area contributed by atoms with Crippen molar-refractivity contribution in [3.8, 4) is 0 Å². The van der Waals surface area contributed by atoms with Crippen LogP contribution < -0.4 is 11.2 Å². The second-order valence-corrected chi connectivity index (χ2v) is 4.20.